The molecule has 0 aliphatic rings. The Bertz CT molecular complexity index is 612. The highest BCUT2D eigenvalue weighted by Gasteiger charge is 2.16. The first-order valence-electron chi connectivity index (χ1n) is 6.76. The number of hydrogen-bond donors (Lipinski definition) is 1. The molecule has 2 aromatic rings. The zero-order valence-electron chi connectivity index (χ0n) is 12.3. The normalized spacial score (nSPS) is 11.4. The summed E-state index contributed by atoms with van der Waals surface area (Å²) < 4.78 is 41.3. The molecule has 2 rings (SSSR count). The third-order valence-corrected chi connectivity index (χ3v) is 3.03. The molecule has 0 unspecified atom stereocenters. The highest BCUT2D eigenvalue weighted by molar-refractivity contribution is 5.63. The average Bonchev–Trinajstić information content (AvgIpc) is 2.76. The van der Waals surface area contributed by atoms with Crippen LogP contribution in [-0.2, 0) is 13.6 Å². The van der Waals surface area contributed by atoms with Crippen LogP contribution in [0.1, 0.15) is 19.4 Å². The van der Waals surface area contributed by atoms with Gasteiger partial charge in [-0.15, -0.1) is 0 Å². The van der Waals surface area contributed by atoms with Crippen LogP contribution in [0.15, 0.2) is 18.3 Å². The van der Waals surface area contributed by atoms with Crippen molar-refractivity contribution in [2.75, 3.05) is 6.54 Å². The molecule has 3 nitrogen and oxygen atoms in total. The van der Waals surface area contributed by atoms with Crippen molar-refractivity contribution in [3.63, 3.8) is 0 Å². The third kappa shape index (κ3) is 3.64. The van der Waals surface area contributed by atoms with Gasteiger partial charge in [0.1, 0.15) is 0 Å². The Morgan fingerprint density at radius 2 is 1.81 bits per heavy atom. The standard InChI is InChI=1S/C15H18F3N3/c1-9(2)6-19-7-11-8-21(3)20-15(11)10-4-12(16)14(18)13(17)5-10/h4-5,8-9,19H,6-7H2,1-3H3. The molecule has 0 atom stereocenters. The van der Waals surface area contributed by atoms with Crippen molar-refractivity contribution < 1.29 is 13.2 Å². The van der Waals surface area contributed by atoms with Crippen molar-refractivity contribution in [1.82, 2.24) is 15.1 Å². The van der Waals surface area contributed by atoms with Crippen molar-refractivity contribution >= 4 is 0 Å². The van der Waals surface area contributed by atoms with E-state index in [1.165, 1.54) is 0 Å². The SMILES string of the molecule is CC(C)CNCc1cn(C)nc1-c1cc(F)c(F)c(F)c1. The fraction of sp³-hybridized carbons (Fsp3) is 0.400. The lowest BCUT2D eigenvalue weighted by Crippen LogP contribution is -2.19. The van der Waals surface area contributed by atoms with Crippen LogP contribution in [0, 0.1) is 23.4 Å². The van der Waals surface area contributed by atoms with Gasteiger partial charge in [0.05, 0.1) is 5.69 Å². The van der Waals surface area contributed by atoms with Crippen LogP contribution in [0.3, 0.4) is 0 Å². The van der Waals surface area contributed by atoms with E-state index in [0.29, 0.717) is 18.2 Å². The number of benzene rings is 1. The smallest absolute Gasteiger partial charge is 0.194 e. The summed E-state index contributed by atoms with van der Waals surface area (Å²) in [6, 6.07) is 1.93. The van der Waals surface area contributed by atoms with Gasteiger partial charge in [-0.05, 0) is 24.6 Å². The second kappa shape index (κ2) is 6.30. The van der Waals surface area contributed by atoms with Crippen molar-refractivity contribution in [3.05, 3.63) is 41.3 Å². The first kappa shape index (κ1) is 15.6. The van der Waals surface area contributed by atoms with E-state index in [0.717, 1.165) is 24.2 Å². The summed E-state index contributed by atoms with van der Waals surface area (Å²) in [5, 5.41) is 7.46. The highest BCUT2D eigenvalue weighted by atomic mass is 19.2. The molecule has 1 aromatic carbocycles. The molecule has 0 aliphatic heterocycles. The monoisotopic (exact) mass is 297 g/mol. The second-order valence-corrected chi connectivity index (χ2v) is 5.46. The van der Waals surface area contributed by atoms with Gasteiger partial charge in [0, 0.05) is 30.9 Å². The largest absolute Gasteiger partial charge is 0.312 e. The summed E-state index contributed by atoms with van der Waals surface area (Å²) >= 11 is 0. The molecule has 1 aromatic heterocycles. The van der Waals surface area contributed by atoms with Gasteiger partial charge in [-0.25, -0.2) is 13.2 Å². The number of rotatable bonds is 5. The molecule has 1 N–H and O–H groups in total. The van der Waals surface area contributed by atoms with E-state index in [1.54, 1.807) is 17.9 Å². The van der Waals surface area contributed by atoms with Gasteiger partial charge in [-0.2, -0.15) is 5.10 Å². The maximum Gasteiger partial charge on any atom is 0.194 e. The van der Waals surface area contributed by atoms with Crippen molar-refractivity contribution in [1.29, 1.82) is 0 Å². The predicted octanol–water partition coefficient (Wildman–Crippen LogP) is 3.25. The van der Waals surface area contributed by atoms with Crippen molar-refractivity contribution in [2.45, 2.75) is 20.4 Å². The summed E-state index contributed by atoms with van der Waals surface area (Å²) in [5.41, 5.74) is 1.49. The average molecular weight is 297 g/mol. The molecule has 0 spiro atoms. The van der Waals surface area contributed by atoms with Gasteiger partial charge in [0.25, 0.3) is 0 Å². The first-order chi connectivity index (χ1) is 9.88. The number of aryl methyl sites for hydroxylation is 1. The second-order valence-electron chi connectivity index (χ2n) is 5.46. The lowest BCUT2D eigenvalue weighted by Gasteiger charge is -2.08. The van der Waals surface area contributed by atoms with Crippen molar-refractivity contribution in [3.8, 4) is 11.3 Å². The number of hydrogen-bond acceptors (Lipinski definition) is 2. The summed E-state index contributed by atoms with van der Waals surface area (Å²) in [6.45, 7) is 5.52. The van der Waals surface area contributed by atoms with E-state index in [-0.39, 0.29) is 5.56 Å². The van der Waals surface area contributed by atoms with Gasteiger partial charge < -0.3 is 5.32 Å². The number of nitrogens with one attached hydrogen (secondary N) is 1. The minimum Gasteiger partial charge on any atom is -0.312 e. The zero-order valence-corrected chi connectivity index (χ0v) is 12.3. The quantitative estimate of drug-likeness (QED) is 0.859. The molecular formula is C15H18F3N3. The number of halogens is 3. The number of nitrogens with zero attached hydrogens (tertiary/aromatic N) is 2. The lowest BCUT2D eigenvalue weighted by atomic mass is 10.1. The van der Waals surface area contributed by atoms with Crippen molar-refractivity contribution in [2.24, 2.45) is 13.0 Å². The van der Waals surface area contributed by atoms with Crippen LogP contribution in [0.2, 0.25) is 0 Å². The predicted molar refractivity (Wildman–Crippen MR) is 75.1 cm³/mol. The molecule has 0 radical (unpaired) electrons. The molecule has 0 saturated carbocycles. The van der Waals surface area contributed by atoms with E-state index >= 15 is 0 Å². The minimum absolute atomic E-state index is 0.230. The maximum absolute atomic E-state index is 13.4. The Kier molecular flexibility index (Phi) is 4.67. The van der Waals surface area contributed by atoms with Crippen LogP contribution >= 0.6 is 0 Å². The molecule has 0 aliphatic carbocycles. The first-order valence-corrected chi connectivity index (χ1v) is 6.76. The van der Waals surface area contributed by atoms with E-state index in [4.69, 9.17) is 0 Å². The molecular weight excluding hydrogens is 279 g/mol. The van der Waals surface area contributed by atoms with Crippen LogP contribution in [-0.4, -0.2) is 16.3 Å². The molecule has 6 heteroatoms. The summed E-state index contributed by atoms with van der Waals surface area (Å²) in [4.78, 5) is 0. The molecule has 1 heterocycles. The van der Waals surface area contributed by atoms with E-state index < -0.39 is 17.5 Å². The fourth-order valence-electron chi connectivity index (χ4n) is 2.10. The molecule has 0 fully saturated rings. The van der Waals surface area contributed by atoms with Gasteiger partial charge in [-0.3, -0.25) is 4.68 Å². The molecule has 114 valence electrons. The van der Waals surface area contributed by atoms with E-state index in [9.17, 15) is 13.2 Å². The molecule has 0 saturated heterocycles. The van der Waals surface area contributed by atoms with Crippen LogP contribution < -0.4 is 5.32 Å². The van der Waals surface area contributed by atoms with Gasteiger partial charge in [0.15, 0.2) is 17.5 Å². The molecule has 0 bridgehead atoms. The topological polar surface area (TPSA) is 29.9 Å². The fourth-order valence-corrected chi connectivity index (χ4v) is 2.10. The number of aromatic nitrogens is 2. The Morgan fingerprint density at radius 3 is 2.38 bits per heavy atom. The maximum atomic E-state index is 13.4. The van der Waals surface area contributed by atoms with Crippen LogP contribution in [0.25, 0.3) is 11.3 Å². The van der Waals surface area contributed by atoms with Gasteiger partial charge in [-0.1, -0.05) is 13.8 Å². The van der Waals surface area contributed by atoms with Crippen LogP contribution in [0.4, 0.5) is 13.2 Å². The lowest BCUT2D eigenvalue weighted by molar-refractivity contribution is 0.447. The Hall–Kier alpha value is -1.82. The van der Waals surface area contributed by atoms with Gasteiger partial charge in [0.2, 0.25) is 0 Å². The van der Waals surface area contributed by atoms with E-state index in [1.807, 2.05) is 0 Å². The van der Waals surface area contributed by atoms with Gasteiger partial charge >= 0.3 is 0 Å². The summed E-state index contributed by atoms with van der Waals surface area (Å²) in [6.07, 6.45) is 1.78. The van der Waals surface area contributed by atoms with E-state index in [2.05, 4.69) is 24.3 Å². The Balaban J connectivity index is 2.31. The summed E-state index contributed by atoms with van der Waals surface area (Å²) in [7, 11) is 1.73. The Morgan fingerprint density at radius 1 is 1.19 bits per heavy atom. The molecule has 0 amide bonds. The third-order valence-electron chi connectivity index (χ3n) is 3.03. The molecule has 21 heavy (non-hydrogen) atoms. The zero-order chi connectivity index (χ0) is 15.6. The summed E-state index contributed by atoms with van der Waals surface area (Å²) in [5.74, 6) is -3.39. The van der Waals surface area contributed by atoms with Crippen LogP contribution in [0.5, 0.6) is 0 Å². The minimum atomic E-state index is -1.46. The highest BCUT2D eigenvalue weighted by Crippen LogP contribution is 2.25. The Labute approximate surface area is 121 Å².